The van der Waals surface area contributed by atoms with Gasteiger partial charge in [0.05, 0.1) is 18.2 Å². The Bertz CT molecular complexity index is 1570. The van der Waals surface area contributed by atoms with Crippen LogP contribution in [0.5, 0.6) is 5.75 Å². The van der Waals surface area contributed by atoms with Gasteiger partial charge in [0.15, 0.2) is 5.78 Å². The number of para-hydroxylation sites is 1. The highest BCUT2D eigenvalue weighted by molar-refractivity contribution is 6.11. The summed E-state index contributed by atoms with van der Waals surface area (Å²) >= 11 is 0. The molecular weight excluding hydrogens is 544 g/mol. The van der Waals surface area contributed by atoms with Crippen LogP contribution in [0.15, 0.2) is 120 Å². The van der Waals surface area contributed by atoms with Gasteiger partial charge in [0.25, 0.3) is 0 Å². The molecule has 0 aliphatic heterocycles. The fourth-order valence-corrected chi connectivity index (χ4v) is 4.02. The van der Waals surface area contributed by atoms with Gasteiger partial charge in [0, 0.05) is 28.8 Å². The molecule has 0 fully saturated rings. The number of nitrogens with zero attached hydrogens (tertiary/aromatic N) is 1. The molecule has 0 amide bonds. The van der Waals surface area contributed by atoms with Crippen LogP contribution in [0.25, 0.3) is 11.5 Å². The van der Waals surface area contributed by atoms with E-state index >= 15 is 0 Å². The van der Waals surface area contributed by atoms with E-state index in [0.29, 0.717) is 42.2 Å². The molecule has 3 N–H and O–H groups in total. The van der Waals surface area contributed by atoms with Gasteiger partial charge in [0.2, 0.25) is 5.89 Å². The first-order valence-electron chi connectivity index (χ1n) is 13.6. The number of carbonyl (C=O) groups is 3. The predicted octanol–water partition coefficient (Wildman–Crippen LogP) is 6.54. The van der Waals surface area contributed by atoms with Crippen LogP contribution in [0, 0.1) is 5.92 Å². The largest absolute Gasteiger partial charge is 0.493 e. The number of nitrogen functional groups attached to an aromatic ring is 1. The van der Waals surface area contributed by atoms with E-state index in [2.05, 4.69) is 4.98 Å². The quantitative estimate of drug-likeness (QED) is 0.141. The fourth-order valence-electron chi connectivity index (χ4n) is 4.02. The van der Waals surface area contributed by atoms with Crippen molar-refractivity contribution in [2.24, 2.45) is 5.92 Å². The molecule has 1 aromatic heterocycles. The molecule has 0 bridgehead atoms. The molecule has 8 heteroatoms. The zero-order valence-electron chi connectivity index (χ0n) is 23.9. The Hall–Kier alpha value is -5.50. The number of anilines is 1. The van der Waals surface area contributed by atoms with Crippen LogP contribution in [0.4, 0.5) is 5.69 Å². The summed E-state index contributed by atoms with van der Waals surface area (Å²) < 4.78 is 11.2. The summed E-state index contributed by atoms with van der Waals surface area (Å²) in [4.78, 5) is 35.4. The Balaban J connectivity index is 0.000000252. The molecule has 1 heterocycles. The van der Waals surface area contributed by atoms with Crippen molar-refractivity contribution in [2.45, 2.75) is 19.8 Å². The number of carbonyl (C=O) groups excluding carboxylic acids is 2. The molecule has 4 aromatic carbocycles. The van der Waals surface area contributed by atoms with Crippen LogP contribution in [0.2, 0.25) is 0 Å². The molecule has 1 atom stereocenters. The standard InChI is InChI=1S/C21H21NO4.C13H11NO.CH2O/c1-15(21(23)24)13-16-7-9-19(10-8-16)25-12-11-18-14-26-20(22-18)17-5-3-2-4-6-17;14-12-9-5-4-8-11(12)13(15)10-6-2-1-3-7-10;1-2/h2-10,14-15H,11-13H2,1H3,(H,23,24);1-9H,14H2;1H2. The van der Waals surface area contributed by atoms with Crippen molar-refractivity contribution in [3.8, 4) is 17.2 Å². The van der Waals surface area contributed by atoms with Gasteiger partial charge >= 0.3 is 5.97 Å². The van der Waals surface area contributed by atoms with Crippen molar-refractivity contribution in [2.75, 3.05) is 12.3 Å². The number of oxazole rings is 1. The van der Waals surface area contributed by atoms with E-state index in [4.69, 9.17) is 24.8 Å². The summed E-state index contributed by atoms with van der Waals surface area (Å²) in [6.07, 6.45) is 2.81. The number of carboxylic acid groups (broad SMARTS) is 1. The number of nitrogens with two attached hydrogens (primary N) is 1. The van der Waals surface area contributed by atoms with Crippen LogP contribution in [-0.2, 0) is 22.4 Å². The van der Waals surface area contributed by atoms with Crippen LogP contribution >= 0.6 is 0 Å². The third kappa shape index (κ3) is 9.82. The number of carboxylic acids is 1. The van der Waals surface area contributed by atoms with E-state index in [-0.39, 0.29) is 5.78 Å². The van der Waals surface area contributed by atoms with Crippen molar-refractivity contribution >= 4 is 24.2 Å². The fraction of sp³-hybridized carbons (Fsp3) is 0.143. The first kappa shape index (κ1) is 32.0. The van der Waals surface area contributed by atoms with Crippen LogP contribution in [0.1, 0.15) is 34.1 Å². The monoisotopic (exact) mass is 578 g/mol. The van der Waals surface area contributed by atoms with Crippen LogP contribution in [0.3, 0.4) is 0 Å². The molecule has 220 valence electrons. The van der Waals surface area contributed by atoms with E-state index in [1.54, 1.807) is 37.5 Å². The zero-order valence-corrected chi connectivity index (χ0v) is 23.9. The maximum atomic E-state index is 12.0. The number of aliphatic carboxylic acids is 1. The molecule has 0 aliphatic rings. The molecule has 5 aromatic rings. The third-order valence-electron chi connectivity index (χ3n) is 6.33. The molecule has 0 saturated carbocycles. The number of ketones is 1. The predicted molar refractivity (Wildman–Crippen MR) is 166 cm³/mol. The minimum Gasteiger partial charge on any atom is -0.493 e. The summed E-state index contributed by atoms with van der Waals surface area (Å²) in [5.74, 6) is 0.148. The number of hydrogen-bond acceptors (Lipinski definition) is 7. The Morgan fingerprint density at radius 3 is 2.12 bits per heavy atom. The van der Waals surface area contributed by atoms with Gasteiger partial charge in [-0.05, 0) is 48.4 Å². The summed E-state index contributed by atoms with van der Waals surface area (Å²) in [6.45, 7) is 4.19. The summed E-state index contributed by atoms with van der Waals surface area (Å²) in [6, 6.07) is 33.5. The van der Waals surface area contributed by atoms with Gasteiger partial charge < -0.3 is 24.8 Å². The molecule has 43 heavy (non-hydrogen) atoms. The van der Waals surface area contributed by atoms with E-state index in [1.165, 1.54) is 0 Å². The lowest BCUT2D eigenvalue weighted by Gasteiger charge is -2.08. The van der Waals surface area contributed by atoms with Crippen LogP contribution in [-0.4, -0.2) is 35.2 Å². The Labute approximate surface area is 250 Å². The molecule has 1 unspecified atom stereocenters. The van der Waals surface area contributed by atoms with Crippen molar-refractivity contribution < 1.29 is 28.6 Å². The van der Waals surface area contributed by atoms with Gasteiger partial charge in [-0.2, -0.15) is 0 Å². The summed E-state index contributed by atoms with van der Waals surface area (Å²) in [5.41, 5.74) is 10.3. The molecular formula is C35H34N2O6. The normalized spacial score (nSPS) is 10.7. The first-order valence-corrected chi connectivity index (χ1v) is 13.6. The van der Waals surface area contributed by atoms with Crippen molar-refractivity contribution in [1.29, 1.82) is 0 Å². The Morgan fingerprint density at radius 2 is 1.49 bits per heavy atom. The maximum Gasteiger partial charge on any atom is 0.306 e. The van der Waals surface area contributed by atoms with Gasteiger partial charge in [-0.3, -0.25) is 9.59 Å². The number of hydrogen-bond donors (Lipinski definition) is 2. The third-order valence-corrected chi connectivity index (χ3v) is 6.33. The number of ether oxygens (including phenoxy) is 1. The lowest BCUT2D eigenvalue weighted by Crippen LogP contribution is -2.12. The van der Waals surface area contributed by atoms with Crippen LogP contribution < -0.4 is 10.5 Å². The topological polar surface area (TPSA) is 133 Å². The average Bonchev–Trinajstić information content (AvgIpc) is 3.53. The Kier molecular flexibility index (Phi) is 12.4. The minimum atomic E-state index is -0.784. The van der Waals surface area contributed by atoms with Crippen molar-refractivity contribution in [1.82, 2.24) is 4.98 Å². The molecule has 8 nitrogen and oxygen atoms in total. The maximum absolute atomic E-state index is 12.0. The Morgan fingerprint density at radius 1 is 0.884 bits per heavy atom. The SMILES string of the molecule is C=O.CC(Cc1ccc(OCCc2coc(-c3ccccc3)n2)cc1)C(=O)O.Nc1ccccc1C(=O)c1ccccc1. The highest BCUT2D eigenvalue weighted by Gasteiger charge is 2.12. The van der Waals surface area contributed by atoms with Gasteiger partial charge in [-0.1, -0.05) is 79.7 Å². The second kappa shape index (κ2) is 16.7. The lowest BCUT2D eigenvalue weighted by atomic mass is 10.0. The van der Waals surface area contributed by atoms with Gasteiger partial charge in [0.1, 0.15) is 18.8 Å². The number of benzene rings is 4. The second-order valence-electron chi connectivity index (χ2n) is 9.48. The summed E-state index contributed by atoms with van der Waals surface area (Å²) in [5, 5.41) is 8.96. The molecule has 0 spiro atoms. The van der Waals surface area contributed by atoms with E-state index in [1.807, 2.05) is 91.7 Å². The molecule has 0 radical (unpaired) electrons. The van der Waals surface area contributed by atoms with Crippen molar-refractivity contribution in [3.63, 3.8) is 0 Å². The highest BCUT2D eigenvalue weighted by atomic mass is 16.5. The van der Waals surface area contributed by atoms with E-state index in [9.17, 15) is 9.59 Å². The number of aromatic nitrogens is 1. The molecule has 0 aliphatic carbocycles. The average molecular weight is 579 g/mol. The minimum absolute atomic E-state index is 0.0336. The molecule has 0 saturated heterocycles. The first-order chi connectivity index (χ1) is 20.9. The van der Waals surface area contributed by atoms with Crippen molar-refractivity contribution in [3.05, 3.63) is 138 Å². The number of rotatable bonds is 10. The second-order valence-corrected chi connectivity index (χ2v) is 9.48. The smallest absolute Gasteiger partial charge is 0.306 e. The summed E-state index contributed by atoms with van der Waals surface area (Å²) in [7, 11) is 0. The van der Waals surface area contributed by atoms with Gasteiger partial charge in [-0.15, -0.1) is 0 Å². The lowest BCUT2D eigenvalue weighted by molar-refractivity contribution is -0.141. The van der Waals surface area contributed by atoms with E-state index in [0.717, 1.165) is 22.6 Å². The van der Waals surface area contributed by atoms with E-state index < -0.39 is 11.9 Å². The zero-order chi connectivity index (χ0) is 31.0. The van der Waals surface area contributed by atoms with Gasteiger partial charge in [-0.25, -0.2) is 4.98 Å². The highest BCUT2D eigenvalue weighted by Crippen LogP contribution is 2.19. The molecule has 5 rings (SSSR count).